The SMILES string of the molecule is CC1(c2ccccc2)N=C(c2ccccc2)NO1. The minimum Gasteiger partial charge on any atom is -0.246 e. The third kappa shape index (κ3) is 1.89. The number of hydrogen-bond donors (Lipinski definition) is 1. The first-order valence-corrected chi connectivity index (χ1v) is 5.93. The predicted octanol–water partition coefficient (Wildman–Crippen LogP) is 2.84. The fourth-order valence-electron chi connectivity index (χ4n) is 2.00. The first-order valence-electron chi connectivity index (χ1n) is 5.93. The van der Waals surface area contributed by atoms with Gasteiger partial charge in [0, 0.05) is 11.1 Å². The number of aliphatic imine (C=N–C) groups is 1. The number of hydroxylamine groups is 1. The van der Waals surface area contributed by atoms with Gasteiger partial charge >= 0.3 is 0 Å². The van der Waals surface area contributed by atoms with E-state index < -0.39 is 5.72 Å². The van der Waals surface area contributed by atoms with Crippen molar-refractivity contribution < 1.29 is 4.84 Å². The molecule has 2 aromatic carbocycles. The average molecular weight is 238 g/mol. The smallest absolute Gasteiger partial charge is 0.210 e. The average Bonchev–Trinajstić information content (AvgIpc) is 2.85. The lowest BCUT2D eigenvalue weighted by molar-refractivity contribution is -0.0452. The Labute approximate surface area is 106 Å². The summed E-state index contributed by atoms with van der Waals surface area (Å²) in [4.78, 5) is 10.3. The maximum Gasteiger partial charge on any atom is 0.210 e. The molecular formula is C15H14N2O. The first kappa shape index (κ1) is 11.0. The van der Waals surface area contributed by atoms with Gasteiger partial charge in [0.05, 0.1) is 0 Å². The van der Waals surface area contributed by atoms with Crippen molar-refractivity contribution in [3.05, 3.63) is 71.8 Å². The van der Waals surface area contributed by atoms with Crippen LogP contribution in [0.3, 0.4) is 0 Å². The van der Waals surface area contributed by atoms with Crippen LogP contribution in [0.2, 0.25) is 0 Å². The Morgan fingerprint density at radius 2 is 1.56 bits per heavy atom. The Morgan fingerprint density at radius 3 is 2.22 bits per heavy atom. The van der Waals surface area contributed by atoms with Gasteiger partial charge in [-0.25, -0.2) is 15.3 Å². The van der Waals surface area contributed by atoms with Gasteiger partial charge in [0.2, 0.25) is 5.72 Å². The molecule has 3 heteroatoms. The molecule has 0 saturated carbocycles. The van der Waals surface area contributed by atoms with E-state index in [0.717, 1.165) is 17.0 Å². The van der Waals surface area contributed by atoms with E-state index in [1.54, 1.807) is 0 Å². The molecule has 0 fully saturated rings. The minimum absolute atomic E-state index is 0.660. The van der Waals surface area contributed by atoms with Crippen LogP contribution in [-0.4, -0.2) is 5.84 Å². The third-order valence-corrected chi connectivity index (χ3v) is 3.03. The summed E-state index contributed by atoms with van der Waals surface area (Å²) in [5.41, 5.74) is 4.31. The van der Waals surface area contributed by atoms with E-state index in [9.17, 15) is 0 Å². The van der Waals surface area contributed by atoms with Crippen LogP contribution in [0.5, 0.6) is 0 Å². The molecule has 1 N–H and O–H groups in total. The van der Waals surface area contributed by atoms with Crippen LogP contribution in [0.1, 0.15) is 18.1 Å². The lowest BCUT2D eigenvalue weighted by atomic mass is 10.1. The zero-order valence-corrected chi connectivity index (χ0v) is 10.1. The molecule has 0 aliphatic carbocycles. The molecule has 1 atom stereocenters. The van der Waals surface area contributed by atoms with E-state index in [1.807, 2.05) is 67.6 Å². The number of nitrogens with one attached hydrogen (secondary N) is 1. The molecular weight excluding hydrogens is 224 g/mol. The maximum atomic E-state index is 5.64. The molecule has 0 amide bonds. The summed E-state index contributed by atoms with van der Waals surface area (Å²) in [5.74, 6) is 0.766. The zero-order chi connectivity index (χ0) is 12.4. The second-order valence-corrected chi connectivity index (χ2v) is 4.38. The highest BCUT2D eigenvalue weighted by molar-refractivity contribution is 5.99. The molecule has 0 saturated heterocycles. The molecule has 1 aliphatic heterocycles. The Hall–Kier alpha value is -2.13. The Balaban J connectivity index is 1.96. The molecule has 1 aliphatic rings. The number of amidine groups is 1. The molecule has 0 bridgehead atoms. The van der Waals surface area contributed by atoms with Gasteiger partial charge in [-0.2, -0.15) is 0 Å². The van der Waals surface area contributed by atoms with Gasteiger partial charge in [0.25, 0.3) is 0 Å². The summed E-state index contributed by atoms with van der Waals surface area (Å²) in [5, 5.41) is 0. The van der Waals surface area contributed by atoms with Gasteiger partial charge in [-0.05, 0) is 6.92 Å². The Bertz CT molecular complexity index is 566. The van der Waals surface area contributed by atoms with Crippen molar-refractivity contribution in [1.82, 2.24) is 5.48 Å². The van der Waals surface area contributed by atoms with E-state index >= 15 is 0 Å². The monoisotopic (exact) mass is 238 g/mol. The van der Waals surface area contributed by atoms with Crippen molar-refractivity contribution in [2.75, 3.05) is 0 Å². The van der Waals surface area contributed by atoms with Gasteiger partial charge in [0.15, 0.2) is 5.84 Å². The fourth-order valence-corrected chi connectivity index (χ4v) is 2.00. The van der Waals surface area contributed by atoms with Gasteiger partial charge in [-0.15, -0.1) is 0 Å². The van der Waals surface area contributed by atoms with Crippen molar-refractivity contribution >= 4 is 5.84 Å². The standard InChI is InChI=1S/C15H14N2O/c1-15(13-10-6-3-7-11-13)16-14(17-18-15)12-8-4-2-5-9-12/h2-11H,1H3,(H,16,17). The first-order chi connectivity index (χ1) is 8.78. The molecule has 1 heterocycles. The van der Waals surface area contributed by atoms with Crippen LogP contribution in [0.25, 0.3) is 0 Å². The molecule has 3 nitrogen and oxygen atoms in total. The van der Waals surface area contributed by atoms with Crippen molar-refractivity contribution in [2.45, 2.75) is 12.6 Å². The maximum absolute atomic E-state index is 5.64. The highest BCUT2D eigenvalue weighted by atomic mass is 16.7. The molecule has 0 radical (unpaired) electrons. The number of nitrogens with zero attached hydrogens (tertiary/aromatic N) is 1. The van der Waals surface area contributed by atoms with E-state index in [0.29, 0.717) is 0 Å². The molecule has 1 unspecified atom stereocenters. The quantitative estimate of drug-likeness (QED) is 0.872. The molecule has 2 aromatic rings. The third-order valence-electron chi connectivity index (χ3n) is 3.03. The molecule has 90 valence electrons. The van der Waals surface area contributed by atoms with Gasteiger partial charge < -0.3 is 0 Å². The Morgan fingerprint density at radius 1 is 0.944 bits per heavy atom. The highest BCUT2D eigenvalue weighted by Gasteiger charge is 2.33. The Kier molecular flexibility index (Phi) is 2.61. The van der Waals surface area contributed by atoms with Gasteiger partial charge in [0.1, 0.15) is 0 Å². The van der Waals surface area contributed by atoms with Crippen molar-refractivity contribution in [3.8, 4) is 0 Å². The minimum atomic E-state index is -0.660. The summed E-state index contributed by atoms with van der Waals surface area (Å²) in [6, 6.07) is 19.9. The fraction of sp³-hybridized carbons (Fsp3) is 0.133. The van der Waals surface area contributed by atoms with Gasteiger partial charge in [-0.1, -0.05) is 60.7 Å². The van der Waals surface area contributed by atoms with E-state index in [1.165, 1.54) is 0 Å². The molecule has 0 aromatic heterocycles. The topological polar surface area (TPSA) is 33.6 Å². The van der Waals surface area contributed by atoms with Gasteiger partial charge in [-0.3, -0.25) is 0 Å². The normalized spacial score (nSPS) is 22.4. The van der Waals surface area contributed by atoms with Crippen LogP contribution >= 0.6 is 0 Å². The number of rotatable bonds is 2. The van der Waals surface area contributed by atoms with Crippen molar-refractivity contribution in [3.63, 3.8) is 0 Å². The lowest BCUT2D eigenvalue weighted by Gasteiger charge is -2.18. The predicted molar refractivity (Wildman–Crippen MR) is 71.0 cm³/mol. The van der Waals surface area contributed by atoms with E-state index in [4.69, 9.17) is 4.84 Å². The zero-order valence-electron chi connectivity index (χ0n) is 10.1. The van der Waals surface area contributed by atoms with Crippen LogP contribution in [0.15, 0.2) is 65.7 Å². The lowest BCUT2D eigenvalue weighted by Crippen LogP contribution is -2.24. The van der Waals surface area contributed by atoms with Crippen LogP contribution < -0.4 is 5.48 Å². The molecule has 18 heavy (non-hydrogen) atoms. The van der Waals surface area contributed by atoms with Crippen LogP contribution in [0, 0.1) is 0 Å². The van der Waals surface area contributed by atoms with E-state index in [-0.39, 0.29) is 0 Å². The van der Waals surface area contributed by atoms with E-state index in [2.05, 4.69) is 10.5 Å². The molecule has 3 rings (SSSR count). The van der Waals surface area contributed by atoms with Crippen molar-refractivity contribution in [2.24, 2.45) is 4.99 Å². The summed E-state index contributed by atoms with van der Waals surface area (Å²) in [6.45, 7) is 1.95. The summed E-state index contributed by atoms with van der Waals surface area (Å²) >= 11 is 0. The molecule has 0 spiro atoms. The second kappa shape index (κ2) is 4.27. The summed E-state index contributed by atoms with van der Waals surface area (Å²) in [7, 11) is 0. The summed E-state index contributed by atoms with van der Waals surface area (Å²) in [6.07, 6.45) is 0. The largest absolute Gasteiger partial charge is 0.246 e. The highest BCUT2D eigenvalue weighted by Crippen LogP contribution is 2.29. The van der Waals surface area contributed by atoms with Crippen LogP contribution in [-0.2, 0) is 10.6 Å². The van der Waals surface area contributed by atoms with Crippen molar-refractivity contribution in [1.29, 1.82) is 0 Å². The second-order valence-electron chi connectivity index (χ2n) is 4.38. The summed E-state index contributed by atoms with van der Waals surface area (Å²) < 4.78 is 0. The number of benzene rings is 2. The van der Waals surface area contributed by atoms with Crippen LogP contribution in [0.4, 0.5) is 0 Å². The number of hydrogen-bond acceptors (Lipinski definition) is 3.